The molecule has 1 N–H and O–H groups in total. The van der Waals surface area contributed by atoms with Crippen molar-refractivity contribution >= 4 is 11.6 Å². The van der Waals surface area contributed by atoms with Gasteiger partial charge >= 0.3 is 0 Å². The molecule has 0 aliphatic rings. The van der Waals surface area contributed by atoms with E-state index < -0.39 is 0 Å². The lowest BCUT2D eigenvalue weighted by Crippen LogP contribution is -2.14. The lowest BCUT2D eigenvalue weighted by Gasteiger charge is -2.04. The van der Waals surface area contributed by atoms with E-state index >= 15 is 0 Å². The van der Waals surface area contributed by atoms with Gasteiger partial charge in [0.1, 0.15) is 0 Å². The van der Waals surface area contributed by atoms with Crippen molar-refractivity contribution in [2.75, 3.05) is 5.32 Å². The highest BCUT2D eigenvalue weighted by Crippen LogP contribution is 2.12. The summed E-state index contributed by atoms with van der Waals surface area (Å²) in [6.07, 6.45) is 9.43. The molecule has 3 heterocycles. The maximum atomic E-state index is 12.1. The molecule has 0 saturated heterocycles. The molecule has 132 valence electrons. The number of aromatic nitrogens is 6. The summed E-state index contributed by atoms with van der Waals surface area (Å²) >= 11 is 0. The fourth-order valence-electron chi connectivity index (χ4n) is 2.68. The zero-order valence-corrected chi connectivity index (χ0v) is 14.8. The molecule has 1 amide bonds. The first-order valence-corrected chi connectivity index (χ1v) is 8.37. The highest BCUT2D eigenvalue weighted by atomic mass is 16.1. The van der Waals surface area contributed by atoms with Gasteiger partial charge in [0.05, 0.1) is 30.8 Å². The quantitative estimate of drug-likeness (QED) is 0.712. The molecule has 8 nitrogen and oxygen atoms in total. The van der Waals surface area contributed by atoms with Crippen LogP contribution in [0, 0.1) is 13.8 Å². The van der Waals surface area contributed by atoms with Gasteiger partial charge in [0.2, 0.25) is 5.91 Å². The van der Waals surface area contributed by atoms with Crippen LogP contribution in [-0.4, -0.2) is 35.2 Å². The summed E-state index contributed by atoms with van der Waals surface area (Å²) in [7, 11) is 0. The number of nitrogens with one attached hydrogen (secondary N) is 1. The maximum absolute atomic E-state index is 12.1. The Labute approximate surface area is 146 Å². The summed E-state index contributed by atoms with van der Waals surface area (Å²) < 4.78 is 5.53. The van der Waals surface area contributed by atoms with Crippen molar-refractivity contribution in [1.82, 2.24) is 29.3 Å². The molecule has 0 unspecified atom stereocenters. The Hall–Kier alpha value is -2.90. The van der Waals surface area contributed by atoms with Gasteiger partial charge in [0.25, 0.3) is 0 Å². The maximum Gasteiger partial charge on any atom is 0.226 e. The van der Waals surface area contributed by atoms with Gasteiger partial charge in [0.15, 0.2) is 0 Å². The van der Waals surface area contributed by atoms with Gasteiger partial charge in [-0.2, -0.15) is 15.3 Å². The summed E-state index contributed by atoms with van der Waals surface area (Å²) in [5, 5.41) is 15.7. The summed E-state index contributed by atoms with van der Waals surface area (Å²) in [5.74, 6) is -0.0531. The first-order valence-electron chi connectivity index (χ1n) is 8.37. The first kappa shape index (κ1) is 16.9. The SMILES string of the molecule is CCn1ncc(Cn2cc(NC(=O)CCn3cc(C)cn3)cn2)c1C. The van der Waals surface area contributed by atoms with Crippen molar-refractivity contribution in [2.24, 2.45) is 0 Å². The average Bonchev–Trinajstić information content (AvgIpc) is 3.28. The number of carbonyl (C=O) groups is 1. The number of nitrogens with zero attached hydrogens (tertiary/aromatic N) is 6. The van der Waals surface area contributed by atoms with Gasteiger partial charge in [-0.1, -0.05) is 0 Å². The number of hydrogen-bond donors (Lipinski definition) is 1. The van der Waals surface area contributed by atoms with Crippen LogP contribution in [0.5, 0.6) is 0 Å². The minimum atomic E-state index is -0.0531. The Bertz CT molecular complexity index is 858. The molecule has 0 bridgehead atoms. The number of anilines is 1. The molecule has 0 radical (unpaired) electrons. The molecule has 0 aromatic carbocycles. The number of carbonyl (C=O) groups excluding carboxylic acids is 1. The third-order valence-electron chi connectivity index (χ3n) is 4.08. The zero-order valence-electron chi connectivity index (χ0n) is 14.8. The molecule has 8 heteroatoms. The van der Waals surface area contributed by atoms with Crippen LogP contribution in [0.25, 0.3) is 0 Å². The fraction of sp³-hybridized carbons (Fsp3) is 0.412. The monoisotopic (exact) mass is 341 g/mol. The van der Waals surface area contributed by atoms with Gasteiger partial charge in [-0.25, -0.2) is 0 Å². The van der Waals surface area contributed by atoms with Crippen molar-refractivity contribution < 1.29 is 4.79 Å². The minimum Gasteiger partial charge on any atom is -0.323 e. The molecule has 3 rings (SSSR count). The third kappa shape index (κ3) is 4.14. The molecule has 0 fully saturated rings. The summed E-state index contributed by atoms with van der Waals surface area (Å²) in [6.45, 7) is 8.13. The van der Waals surface area contributed by atoms with Crippen LogP contribution in [0.3, 0.4) is 0 Å². The number of amides is 1. The lowest BCUT2D eigenvalue weighted by molar-refractivity contribution is -0.116. The Morgan fingerprint density at radius 1 is 1.08 bits per heavy atom. The van der Waals surface area contributed by atoms with E-state index in [2.05, 4.69) is 34.5 Å². The van der Waals surface area contributed by atoms with Crippen LogP contribution < -0.4 is 5.32 Å². The van der Waals surface area contributed by atoms with Crippen molar-refractivity contribution in [3.8, 4) is 0 Å². The van der Waals surface area contributed by atoms with E-state index in [1.165, 1.54) is 0 Å². The average molecular weight is 341 g/mol. The molecular formula is C17H23N7O. The third-order valence-corrected chi connectivity index (χ3v) is 4.08. The van der Waals surface area contributed by atoms with Crippen LogP contribution in [0.4, 0.5) is 5.69 Å². The number of rotatable bonds is 7. The predicted molar refractivity (Wildman–Crippen MR) is 94.2 cm³/mol. The molecule has 0 atom stereocenters. The lowest BCUT2D eigenvalue weighted by atomic mass is 10.2. The standard InChI is InChI=1S/C17H23N7O/c1-4-24-14(3)15(8-20-24)11-23-12-16(9-19-23)21-17(25)5-6-22-10-13(2)7-18-22/h7-10,12H,4-6,11H2,1-3H3,(H,21,25). The molecule has 25 heavy (non-hydrogen) atoms. The second-order valence-corrected chi connectivity index (χ2v) is 6.08. The van der Waals surface area contributed by atoms with E-state index in [4.69, 9.17) is 0 Å². The van der Waals surface area contributed by atoms with Crippen molar-refractivity contribution in [2.45, 2.75) is 46.8 Å². The van der Waals surface area contributed by atoms with Gasteiger partial charge in [-0.3, -0.25) is 18.8 Å². The molecular weight excluding hydrogens is 318 g/mol. The molecule has 3 aromatic rings. The Morgan fingerprint density at radius 3 is 2.56 bits per heavy atom. The Morgan fingerprint density at radius 2 is 1.88 bits per heavy atom. The normalized spacial score (nSPS) is 11.0. The van der Waals surface area contributed by atoms with E-state index in [9.17, 15) is 4.79 Å². The molecule has 0 spiro atoms. The van der Waals surface area contributed by atoms with Crippen LogP contribution in [0.15, 0.2) is 31.0 Å². The van der Waals surface area contributed by atoms with E-state index in [1.807, 2.05) is 30.2 Å². The van der Waals surface area contributed by atoms with E-state index in [-0.39, 0.29) is 5.91 Å². The van der Waals surface area contributed by atoms with Crippen molar-refractivity contribution in [3.63, 3.8) is 0 Å². The van der Waals surface area contributed by atoms with Gasteiger partial charge < -0.3 is 5.32 Å². The Balaban J connectivity index is 1.54. The summed E-state index contributed by atoms with van der Waals surface area (Å²) in [5.41, 5.74) is 4.04. The van der Waals surface area contributed by atoms with E-state index in [1.54, 1.807) is 21.8 Å². The predicted octanol–water partition coefficient (Wildman–Crippen LogP) is 1.99. The molecule has 3 aromatic heterocycles. The largest absolute Gasteiger partial charge is 0.323 e. The van der Waals surface area contributed by atoms with Gasteiger partial charge in [0, 0.05) is 43.2 Å². The van der Waals surface area contributed by atoms with Crippen molar-refractivity contribution in [1.29, 1.82) is 0 Å². The van der Waals surface area contributed by atoms with Crippen molar-refractivity contribution in [3.05, 3.63) is 47.8 Å². The molecule has 0 aliphatic carbocycles. The zero-order chi connectivity index (χ0) is 17.8. The van der Waals surface area contributed by atoms with Crippen LogP contribution >= 0.6 is 0 Å². The number of hydrogen-bond acceptors (Lipinski definition) is 4. The molecule has 0 aliphatic heterocycles. The fourth-order valence-corrected chi connectivity index (χ4v) is 2.68. The second-order valence-electron chi connectivity index (χ2n) is 6.08. The highest BCUT2D eigenvalue weighted by Gasteiger charge is 2.09. The number of aryl methyl sites for hydroxylation is 3. The van der Waals surface area contributed by atoms with Crippen LogP contribution in [0.1, 0.15) is 30.2 Å². The Kier molecular flexibility index (Phi) is 4.97. The second kappa shape index (κ2) is 7.33. The van der Waals surface area contributed by atoms with E-state index in [0.29, 0.717) is 25.2 Å². The molecule has 0 saturated carbocycles. The van der Waals surface area contributed by atoms with Crippen LogP contribution in [-0.2, 0) is 24.4 Å². The topological polar surface area (TPSA) is 82.6 Å². The van der Waals surface area contributed by atoms with Gasteiger partial charge in [-0.05, 0) is 26.3 Å². The highest BCUT2D eigenvalue weighted by molar-refractivity contribution is 5.90. The summed E-state index contributed by atoms with van der Waals surface area (Å²) in [6, 6.07) is 0. The van der Waals surface area contributed by atoms with Crippen LogP contribution in [0.2, 0.25) is 0 Å². The minimum absolute atomic E-state index is 0.0531. The van der Waals surface area contributed by atoms with E-state index in [0.717, 1.165) is 23.4 Å². The first-order chi connectivity index (χ1) is 12.0. The van der Waals surface area contributed by atoms with Gasteiger partial charge in [-0.15, -0.1) is 0 Å². The smallest absolute Gasteiger partial charge is 0.226 e. The summed E-state index contributed by atoms with van der Waals surface area (Å²) in [4.78, 5) is 12.1.